The molecule has 0 unspecified atom stereocenters. The largest absolute Gasteiger partial charge is 0.534 e. The standard InChI is InChI=1S/C42H26O.C31H19F3O3S.C18H19BO3/c1-2-12-27(13-3-1)41-34-15-4-6-17-36(34)42(37-18-7-5-16-35(37)41)33-22-11-20-30-29(19-10-21-31(30)33)28-24-25-40-38(26-28)32-14-8-9-23-39(32)43-40;32-31(33,34)38(35,36)37-28-19-9-16-21-22(28)17-8-18-23(21)30-26-14-6-4-12-24(26)29(20-10-2-1-3-11-20)25-13-5-7-15-27(25)30;1-17(2)18(3,4)22-19(21-17)12-9-10-16-14(11-12)13-7-5-6-8-15(13)20-16/h1-26H;1-19H;5-11H,1-4H3/i1D,2D,3D,12D,13D;1D,2D,3D,10D,11D;. The summed E-state index contributed by atoms with van der Waals surface area (Å²) >= 11 is 0. The molecule has 2 aromatic heterocycles. The van der Waals surface area contributed by atoms with E-state index in [1.165, 1.54) is 12.1 Å². The third kappa shape index (κ3) is 11.3. The molecule has 16 aromatic carbocycles. The summed E-state index contributed by atoms with van der Waals surface area (Å²) in [5.41, 5.74) is 5.14. The minimum atomic E-state index is -5.92. The van der Waals surface area contributed by atoms with Gasteiger partial charge in [-0.05, 0) is 184 Å². The van der Waals surface area contributed by atoms with Gasteiger partial charge in [0.25, 0.3) is 0 Å². The van der Waals surface area contributed by atoms with E-state index in [0.29, 0.717) is 49.2 Å². The molecular weight excluding hydrogens is 1300 g/mol. The zero-order valence-electron chi connectivity index (χ0n) is 65.7. The molecule has 19 rings (SSSR count). The van der Waals surface area contributed by atoms with E-state index >= 15 is 0 Å². The smallest absolute Gasteiger partial charge is 0.456 e. The molecule has 103 heavy (non-hydrogen) atoms. The lowest BCUT2D eigenvalue weighted by molar-refractivity contribution is -0.0499. The van der Waals surface area contributed by atoms with Gasteiger partial charge >= 0.3 is 22.7 Å². The Morgan fingerprint density at radius 3 is 1.13 bits per heavy atom. The van der Waals surface area contributed by atoms with Crippen molar-refractivity contribution in [2.75, 3.05) is 0 Å². The van der Waals surface area contributed by atoms with E-state index < -0.39 is 45.5 Å². The molecule has 0 aliphatic carbocycles. The monoisotopic (exact) mass is 1380 g/mol. The first kappa shape index (κ1) is 54.0. The first-order valence-corrected chi connectivity index (χ1v) is 34.8. The number of hydrogen-bond acceptors (Lipinski definition) is 7. The summed E-state index contributed by atoms with van der Waals surface area (Å²) < 4.78 is 177. The van der Waals surface area contributed by atoms with Crippen molar-refractivity contribution < 1.29 is 57.6 Å². The van der Waals surface area contributed by atoms with Crippen LogP contribution in [-0.4, -0.2) is 32.2 Å². The van der Waals surface area contributed by atoms with Crippen LogP contribution >= 0.6 is 0 Å². The van der Waals surface area contributed by atoms with Gasteiger partial charge in [-0.2, -0.15) is 21.6 Å². The molecule has 1 aliphatic heterocycles. The fourth-order valence-corrected chi connectivity index (χ4v) is 14.9. The van der Waals surface area contributed by atoms with Crippen LogP contribution in [0, 0.1) is 0 Å². The van der Waals surface area contributed by atoms with Gasteiger partial charge in [0.1, 0.15) is 22.3 Å². The van der Waals surface area contributed by atoms with Crippen molar-refractivity contribution in [2.45, 2.75) is 44.4 Å². The van der Waals surface area contributed by atoms with Gasteiger partial charge in [-0.1, -0.05) is 279 Å². The van der Waals surface area contributed by atoms with Crippen molar-refractivity contribution in [3.05, 3.63) is 315 Å². The van der Waals surface area contributed by atoms with Crippen molar-refractivity contribution >= 4 is 131 Å². The molecule has 12 heteroatoms. The van der Waals surface area contributed by atoms with Crippen molar-refractivity contribution in [2.24, 2.45) is 0 Å². The zero-order chi connectivity index (χ0) is 79.1. The maximum absolute atomic E-state index is 13.1. The molecule has 1 aliphatic rings. The highest BCUT2D eigenvalue weighted by molar-refractivity contribution is 7.88. The van der Waals surface area contributed by atoms with E-state index in [1.54, 1.807) is 54.6 Å². The van der Waals surface area contributed by atoms with Crippen LogP contribution < -0.4 is 9.65 Å². The Balaban J connectivity index is 0.000000131. The van der Waals surface area contributed by atoms with Gasteiger partial charge in [0.2, 0.25) is 0 Å². The summed E-state index contributed by atoms with van der Waals surface area (Å²) in [6.45, 7) is 8.27. The van der Waals surface area contributed by atoms with Crippen molar-refractivity contribution in [3.63, 3.8) is 0 Å². The van der Waals surface area contributed by atoms with Gasteiger partial charge in [-0.15, -0.1) is 0 Å². The molecule has 1 fully saturated rings. The highest BCUT2D eigenvalue weighted by atomic mass is 32.2. The first-order chi connectivity index (χ1) is 54.1. The summed E-state index contributed by atoms with van der Waals surface area (Å²) in [5, 5.41) is 13.2. The van der Waals surface area contributed by atoms with Crippen molar-refractivity contribution in [1.82, 2.24) is 0 Å². The van der Waals surface area contributed by atoms with Crippen LogP contribution in [0.2, 0.25) is 0 Å². The minimum Gasteiger partial charge on any atom is -0.456 e. The quantitative estimate of drug-likeness (QED) is 0.0648. The van der Waals surface area contributed by atoms with Gasteiger partial charge in [-0.3, -0.25) is 0 Å². The molecule has 0 radical (unpaired) electrons. The molecule has 0 saturated carbocycles. The molecule has 0 atom stereocenters. The maximum Gasteiger partial charge on any atom is 0.534 e. The number of para-hydroxylation sites is 2. The second-order valence-corrected chi connectivity index (χ2v) is 27.8. The van der Waals surface area contributed by atoms with Crippen LogP contribution in [0.25, 0.3) is 164 Å². The van der Waals surface area contributed by atoms with Gasteiger partial charge in [0.15, 0.2) is 5.75 Å². The molecular formula is C91H64BF3O7S. The number of hydrogen-bond donors (Lipinski definition) is 0. The van der Waals surface area contributed by atoms with E-state index in [1.807, 2.05) is 103 Å². The van der Waals surface area contributed by atoms with Crippen molar-refractivity contribution in [3.8, 4) is 61.4 Å². The second-order valence-electron chi connectivity index (χ2n) is 26.3. The van der Waals surface area contributed by atoms with Crippen LogP contribution in [-0.2, 0) is 19.4 Å². The lowest BCUT2D eigenvalue weighted by Crippen LogP contribution is -2.41. The van der Waals surface area contributed by atoms with E-state index in [-0.39, 0.29) is 71.1 Å². The second kappa shape index (κ2) is 25.4. The first-order valence-electron chi connectivity index (χ1n) is 38.4. The predicted molar refractivity (Wildman–Crippen MR) is 417 cm³/mol. The van der Waals surface area contributed by atoms with Gasteiger partial charge in [0, 0.05) is 26.9 Å². The molecule has 0 bridgehead atoms. The average molecular weight is 1380 g/mol. The van der Waals surface area contributed by atoms with Crippen molar-refractivity contribution in [1.29, 1.82) is 0 Å². The Morgan fingerprint density at radius 2 is 0.680 bits per heavy atom. The van der Waals surface area contributed by atoms with E-state index in [0.717, 1.165) is 110 Å². The van der Waals surface area contributed by atoms with E-state index in [9.17, 15) is 21.6 Å². The average Bonchev–Trinajstić information content (AvgIpc) is 1.71. The van der Waals surface area contributed by atoms with Crippen LogP contribution in [0.1, 0.15) is 41.4 Å². The number of furan rings is 2. The summed E-state index contributed by atoms with van der Waals surface area (Å²) in [6, 6.07) is 77.1. The molecule has 7 nitrogen and oxygen atoms in total. The minimum absolute atomic E-state index is 0.0379. The van der Waals surface area contributed by atoms with E-state index in [2.05, 4.69) is 111 Å². The Hall–Kier alpha value is -11.8. The molecule has 18 aromatic rings. The molecule has 3 heterocycles. The predicted octanol–water partition coefficient (Wildman–Crippen LogP) is 24.6. The number of halogens is 3. The molecule has 0 amide bonds. The topological polar surface area (TPSA) is 88.1 Å². The number of benzene rings is 16. The summed E-state index contributed by atoms with van der Waals surface area (Å²) in [4.78, 5) is 0. The Bertz CT molecular complexity index is 6980. The van der Waals surface area contributed by atoms with Crippen LogP contribution in [0.4, 0.5) is 13.2 Å². The molecule has 500 valence electrons. The molecule has 1 saturated heterocycles. The summed E-state index contributed by atoms with van der Waals surface area (Å²) in [7, 11) is -6.27. The van der Waals surface area contributed by atoms with Gasteiger partial charge < -0.3 is 22.3 Å². The Labute approximate surface area is 606 Å². The highest BCUT2D eigenvalue weighted by Crippen LogP contribution is 2.49. The van der Waals surface area contributed by atoms with Gasteiger partial charge in [-0.25, -0.2) is 0 Å². The highest BCUT2D eigenvalue weighted by Gasteiger charge is 2.52. The zero-order valence-corrected chi connectivity index (χ0v) is 56.5. The third-order valence-corrected chi connectivity index (χ3v) is 20.8. The lowest BCUT2D eigenvalue weighted by atomic mass is 9.78. The molecule has 0 spiro atoms. The third-order valence-electron chi connectivity index (χ3n) is 19.8. The van der Waals surface area contributed by atoms with Gasteiger partial charge in [0.05, 0.1) is 24.9 Å². The number of alkyl halides is 3. The molecule has 0 N–H and O–H groups in total. The fourth-order valence-electron chi connectivity index (χ4n) is 14.4. The number of fused-ring (bicyclic) bond motifs is 12. The van der Waals surface area contributed by atoms with E-state index in [4.69, 9.17) is 31.9 Å². The maximum atomic E-state index is 13.1. The SMILES string of the molecule is CC1(C)OB(c2ccc3oc4ccccc4c3c2)OC1(C)C.[2H]c1c([2H])c([2H])c(-c2c3ccccc3c(-c3cccc4c(-c5ccc6oc7ccccc7c6c5)cccc34)c3ccccc23)c([2H])c1[2H].[2H]c1c([2H])c([2H])c(-c2c3ccccc3c(-c3cccc4c(OS(=O)(=O)C(F)(F)F)cccc34)c3ccccc23)c([2H])c1[2H]. The Morgan fingerprint density at radius 1 is 0.340 bits per heavy atom. The van der Waals surface area contributed by atoms with Crippen LogP contribution in [0.3, 0.4) is 0 Å². The Kier molecular flexibility index (Phi) is 13.3. The number of rotatable bonds is 8. The van der Waals surface area contributed by atoms with Crippen LogP contribution in [0.15, 0.2) is 324 Å². The van der Waals surface area contributed by atoms with Crippen LogP contribution in [0.5, 0.6) is 5.75 Å². The fraction of sp³-hybridized carbons (Fsp3) is 0.0769. The lowest BCUT2D eigenvalue weighted by Gasteiger charge is -2.32. The summed E-state index contributed by atoms with van der Waals surface area (Å²) in [6.07, 6.45) is 0. The summed E-state index contributed by atoms with van der Waals surface area (Å²) in [5.74, 6) is -0.485. The normalized spacial score (nSPS) is 15.1.